The number of aromatic nitrogens is 3. The molecule has 6 heteroatoms. The summed E-state index contributed by atoms with van der Waals surface area (Å²) in [6, 6.07) is 8.12. The van der Waals surface area contributed by atoms with Crippen LogP contribution in [0.4, 0.5) is 0 Å². The van der Waals surface area contributed by atoms with Crippen LogP contribution in [-0.4, -0.2) is 39.2 Å². The Morgan fingerprint density at radius 1 is 1.14 bits per heavy atom. The smallest absolute Gasteiger partial charge is 0.256 e. The van der Waals surface area contributed by atoms with Gasteiger partial charge in [0.25, 0.3) is 5.56 Å². The molecule has 0 radical (unpaired) electrons. The van der Waals surface area contributed by atoms with Gasteiger partial charge in [-0.15, -0.1) is 0 Å². The molecule has 6 nitrogen and oxygen atoms in total. The number of benzene rings is 1. The Morgan fingerprint density at radius 3 is 2.83 bits per heavy atom. The zero-order valence-electron chi connectivity index (χ0n) is 17.1. The third kappa shape index (κ3) is 3.50. The lowest BCUT2D eigenvalue weighted by molar-refractivity contribution is 0.211. The summed E-state index contributed by atoms with van der Waals surface area (Å²) >= 11 is 0. The monoisotopic (exact) mass is 392 g/mol. The first-order chi connectivity index (χ1) is 14.2. The lowest BCUT2D eigenvalue weighted by Crippen LogP contribution is -2.37. The second kappa shape index (κ2) is 7.75. The maximum absolute atomic E-state index is 12.9. The molecule has 29 heavy (non-hydrogen) atoms. The van der Waals surface area contributed by atoms with Gasteiger partial charge < -0.3 is 9.42 Å². The molecule has 5 rings (SSSR count). The highest BCUT2D eigenvalue weighted by Crippen LogP contribution is 2.32. The second-order valence-corrected chi connectivity index (χ2v) is 8.44. The van der Waals surface area contributed by atoms with Crippen LogP contribution >= 0.6 is 0 Å². The van der Waals surface area contributed by atoms with E-state index in [-0.39, 0.29) is 5.56 Å². The number of likely N-dealkylation sites (tertiary alicyclic amines) is 1. The molecule has 2 aromatic heterocycles. The van der Waals surface area contributed by atoms with Crippen LogP contribution in [0.3, 0.4) is 0 Å². The topological polar surface area (TPSA) is 64.2 Å². The zero-order valence-corrected chi connectivity index (χ0v) is 17.1. The van der Waals surface area contributed by atoms with Crippen LogP contribution in [0.2, 0.25) is 0 Å². The lowest BCUT2D eigenvalue weighted by Gasteiger charge is -2.31. The Morgan fingerprint density at radius 2 is 1.97 bits per heavy atom. The Hall–Kier alpha value is -2.47. The molecular weight excluding hydrogens is 364 g/mol. The first kappa shape index (κ1) is 18.6. The van der Waals surface area contributed by atoms with Gasteiger partial charge in [0.15, 0.2) is 5.58 Å². The molecule has 1 aromatic carbocycles. The van der Waals surface area contributed by atoms with Gasteiger partial charge in [-0.3, -0.25) is 9.36 Å². The minimum Gasteiger partial charge on any atom is -0.356 e. The molecule has 0 spiro atoms. The van der Waals surface area contributed by atoms with Gasteiger partial charge in [-0.1, -0.05) is 17.3 Å². The molecule has 0 unspecified atom stereocenters. The lowest BCUT2D eigenvalue weighted by atomic mass is 9.91. The molecule has 0 atom stereocenters. The maximum atomic E-state index is 12.9. The minimum absolute atomic E-state index is 0.191. The molecule has 0 saturated carbocycles. The molecule has 0 aliphatic carbocycles. The molecule has 0 amide bonds. The Bertz CT molecular complexity index is 1080. The average molecular weight is 393 g/mol. The van der Waals surface area contributed by atoms with Crippen LogP contribution in [0.25, 0.3) is 11.0 Å². The fraction of sp³-hybridized carbons (Fsp3) is 0.522. The van der Waals surface area contributed by atoms with Crippen molar-refractivity contribution in [2.24, 2.45) is 0 Å². The number of nitrogens with zero attached hydrogens (tertiary/aromatic N) is 4. The first-order valence-electron chi connectivity index (χ1n) is 10.9. The van der Waals surface area contributed by atoms with Gasteiger partial charge in [0, 0.05) is 42.1 Å². The van der Waals surface area contributed by atoms with Crippen molar-refractivity contribution in [1.82, 2.24) is 19.6 Å². The SMILES string of the molecule is Cc1nc2n(c(=O)c1CCN1CCC(c3noc4ccccc34)CC1)CCCC2. The van der Waals surface area contributed by atoms with E-state index in [9.17, 15) is 4.79 Å². The highest BCUT2D eigenvalue weighted by Gasteiger charge is 2.25. The molecule has 2 aliphatic rings. The maximum Gasteiger partial charge on any atom is 0.256 e. The van der Waals surface area contributed by atoms with Crippen LogP contribution in [0.15, 0.2) is 33.6 Å². The molecule has 1 fully saturated rings. The minimum atomic E-state index is 0.191. The van der Waals surface area contributed by atoms with Gasteiger partial charge in [-0.25, -0.2) is 4.98 Å². The van der Waals surface area contributed by atoms with Crippen LogP contribution in [-0.2, 0) is 19.4 Å². The number of hydrogen-bond donors (Lipinski definition) is 0. The molecule has 0 N–H and O–H groups in total. The van der Waals surface area contributed by atoms with Gasteiger partial charge in [0.05, 0.1) is 5.69 Å². The number of aryl methyl sites for hydroxylation is 2. The van der Waals surface area contributed by atoms with E-state index < -0.39 is 0 Å². The zero-order chi connectivity index (χ0) is 19.8. The predicted molar refractivity (Wildman–Crippen MR) is 112 cm³/mol. The second-order valence-electron chi connectivity index (χ2n) is 8.44. The molecule has 4 heterocycles. The average Bonchev–Trinajstić information content (AvgIpc) is 3.18. The summed E-state index contributed by atoms with van der Waals surface area (Å²) in [4.78, 5) is 20.1. The number of hydrogen-bond acceptors (Lipinski definition) is 5. The number of rotatable bonds is 4. The Balaban J connectivity index is 1.23. The van der Waals surface area contributed by atoms with E-state index in [0.29, 0.717) is 5.92 Å². The molecule has 152 valence electrons. The van der Waals surface area contributed by atoms with Crippen molar-refractivity contribution in [2.75, 3.05) is 19.6 Å². The summed E-state index contributed by atoms with van der Waals surface area (Å²) in [5.41, 5.74) is 4.00. The summed E-state index contributed by atoms with van der Waals surface area (Å²) < 4.78 is 7.41. The van der Waals surface area contributed by atoms with Crippen LogP contribution < -0.4 is 5.56 Å². The van der Waals surface area contributed by atoms with Crippen molar-refractivity contribution >= 4 is 11.0 Å². The van der Waals surface area contributed by atoms with Gasteiger partial charge >= 0.3 is 0 Å². The highest BCUT2D eigenvalue weighted by molar-refractivity contribution is 5.79. The van der Waals surface area contributed by atoms with E-state index >= 15 is 0 Å². The van der Waals surface area contributed by atoms with Crippen LogP contribution in [0.5, 0.6) is 0 Å². The Kier molecular flexibility index (Phi) is 4.96. The standard InChI is InChI=1S/C23H28N4O2/c1-16-18(23(28)27-12-5-4-8-21(27)24-16)11-15-26-13-9-17(10-14-26)22-19-6-2-3-7-20(19)29-25-22/h2-3,6-7,17H,4-5,8-15H2,1H3. The summed E-state index contributed by atoms with van der Waals surface area (Å²) in [5, 5.41) is 5.50. The molecule has 2 aliphatic heterocycles. The molecule has 1 saturated heterocycles. The van der Waals surface area contributed by atoms with Gasteiger partial charge in [0.2, 0.25) is 0 Å². The summed E-state index contributed by atoms with van der Waals surface area (Å²) in [5.74, 6) is 1.43. The third-order valence-electron chi connectivity index (χ3n) is 6.64. The van der Waals surface area contributed by atoms with Crippen molar-refractivity contribution < 1.29 is 4.52 Å². The first-order valence-corrected chi connectivity index (χ1v) is 10.9. The number of para-hydroxylation sites is 1. The van der Waals surface area contributed by atoms with Gasteiger partial charge in [0.1, 0.15) is 5.82 Å². The van der Waals surface area contributed by atoms with Crippen molar-refractivity contribution in [3.63, 3.8) is 0 Å². The highest BCUT2D eigenvalue weighted by atomic mass is 16.5. The third-order valence-corrected chi connectivity index (χ3v) is 6.64. The van der Waals surface area contributed by atoms with E-state index in [1.807, 2.05) is 29.7 Å². The van der Waals surface area contributed by atoms with Crippen molar-refractivity contribution in [2.45, 2.75) is 57.9 Å². The fourth-order valence-electron chi connectivity index (χ4n) is 4.92. The number of piperidine rings is 1. The largest absolute Gasteiger partial charge is 0.356 e. The van der Waals surface area contributed by atoms with E-state index in [0.717, 1.165) is 98.4 Å². The van der Waals surface area contributed by atoms with Crippen LogP contribution in [0.1, 0.15) is 54.4 Å². The van der Waals surface area contributed by atoms with Crippen molar-refractivity contribution in [3.05, 3.63) is 57.4 Å². The fourth-order valence-corrected chi connectivity index (χ4v) is 4.92. The summed E-state index contributed by atoms with van der Waals surface area (Å²) in [6.07, 6.45) is 6.10. The Labute approximate surface area is 170 Å². The molecule has 3 aromatic rings. The number of fused-ring (bicyclic) bond motifs is 2. The van der Waals surface area contributed by atoms with E-state index in [1.54, 1.807) is 0 Å². The van der Waals surface area contributed by atoms with E-state index in [2.05, 4.69) is 16.1 Å². The van der Waals surface area contributed by atoms with E-state index in [4.69, 9.17) is 9.51 Å². The quantitative estimate of drug-likeness (QED) is 0.680. The van der Waals surface area contributed by atoms with Crippen LogP contribution in [0, 0.1) is 6.92 Å². The molecule has 0 bridgehead atoms. The predicted octanol–water partition coefficient (Wildman–Crippen LogP) is 3.45. The summed E-state index contributed by atoms with van der Waals surface area (Å²) in [7, 11) is 0. The van der Waals surface area contributed by atoms with Gasteiger partial charge in [-0.2, -0.15) is 0 Å². The van der Waals surface area contributed by atoms with Crippen molar-refractivity contribution in [1.29, 1.82) is 0 Å². The molecular formula is C23H28N4O2. The van der Waals surface area contributed by atoms with Crippen molar-refractivity contribution in [3.8, 4) is 0 Å². The van der Waals surface area contributed by atoms with E-state index in [1.165, 1.54) is 0 Å². The van der Waals surface area contributed by atoms with Gasteiger partial charge in [-0.05, 0) is 64.3 Å². The normalized spacial score (nSPS) is 18.2. The summed E-state index contributed by atoms with van der Waals surface area (Å²) in [6.45, 7) is 5.80.